The molecule has 8 heteroatoms. The molecule has 0 bridgehead atoms. The number of rotatable bonds is 6. The van der Waals surface area contributed by atoms with E-state index in [4.69, 9.17) is 4.74 Å². The summed E-state index contributed by atoms with van der Waals surface area (Å²) >= 11 is 0. The monoisotopic (exact) mass is 397 g/mol. The topological polar surface area (TPSA) is 63.7 Å². The molecule has 0 amide bonds. The number of fused-ring (bicyclic) bond motifs is 1. The van der Waals surface area contributed by atoms with Crippen molar-refractivity contribution in [1.82, 2.24) is 19.9 Å². The van der Waals surface area contributed by atoms with Crippen LogP contribution in [0.15, 0.2) is 61.2 Å². The molecule has 0 aromatic carbocycles. The van der Waals surface area contributed by atoms with Crippen molar-refractivity contribution in [2.75, 3.05) is 6.61 Å². The molecule has 0 saturated carbocycles. The second-order valence-electron chi connectivity index (χ2n) is 6.43. The van der Waals surface area contributed by atoms with Gasteiger partial charge in [0.15, 0.2) is 6.61 Å². The molecule has 0 saturated heterocycles. The molecule has 0 aliphatic carbocycles. The molecule has 4 rings (SSSR count). The smallest absolute Gasteiger partial charge is 0.422 e. The van der Waals surface area contributed by atoms with Crippen LogP contribution < -0.4 is 4.74 Å². The second kappa shape index (κ2) is 7.90. The van der Waals surface area contributed by atoms with E-state index in [-0.39, 0.29) is 5.88 Å². The van der Waals surface area contributed by atoms with Gasteiger partial charge in [-0.3, -0.25) is 4.98 Å². The summed E-state index contributed by atoms with van der Waals surface area (Å²) in [5.74, 6) is -0.0815. The molecule has 0 atom stereocenters. The average Bonchev–Trinajstić information content (AvgIpc) is 3.11. The van der Waals surface area contributed by atoms with Crippen LogP contribution in [0.3, 0.4) is 0 Å². The molecule has 147 valence electrons. The Hall–Kier alpha value is -3.42. The van der Waals surface area contributed by atoms with E-state index >= 15 is 0 Å². The van der Waals surface area contributed by atoms with Gasteiger partial charge in [-0.1, -0.05) is 12.1 Å². The van der Waals surface area contributed by atoms with Gasteiger partial charge in [0.1, 0.15) is 5.65 Å². The summed E-state index contributed by atoms with van der Waals surface area (Å²) < 4.78 is 42.1. The molecule has 0 aliphatic heterocycles. The first-order valence-corrected chi connectivity index (χ1v) is 8.83. The van der Waals surface area contributed by atoms with Crippen LogP contribution >= 0.6 is 0 Å². The summed E-state index contributed by atoms with van der Waals surface area (Å²) in [5.41, 5.74) is 3.98. The van der Waals surface area contributed by atoms with E-state index in [1.165, 1.54) is 6.20 Å². The maximum atomic E-state index is 12.4. The summed E-state index contributed by atoms with van der Waals surface area (Å²) in [7, 11) is 0. The van der Waals surface area contributed by atoms with Gasteiger partial charge < -0.3 is 9.72 Å². The lowest BCUT2D eigenvalue weighted by molar-refractivity contribution is -0.154. The molecule has 4 aromatic rings. The molecule has 5 nitrogen and oxygen atoms in total. The van der Waals surface area contributed by atoms with Crippen LogP contribution in [0.2, 0.25) is 0 Å². The molecular weight excluding hydrogens is 381 g/mol. The van der Waals surface area contributed by atoms with Crippen LogP contribution in [-0.2, 0) is 6.42 Å². The van der Waals surface area contributed by atoms with E-state index in [1.807, 2.05) is 30.5 Å². The molecule has 4 aromatic heterocycles. The highest BCUT2D eigenvalue weighted by Gasteiger charge is 2.29. The normalized spacial score (nSPS) is 11.7. The van der Waals surface area contributed by atoms with Gasteiger partial charge in [0.2, 0.25) is 5.88 Å². The third-order valence-corrected chi connectivity index (χ3v) is 4.26. The number of hydrogen-bond acceptors (Lipinski definition) is 4. The third-order valence-electron chi connectivity index (χ3n) is 4.26. The highest BCUT2D eigenvalue weighted by atomic mass is 19.4. The van der Waals surface area contributed by atoms with E-state index in [0.717, 1.165) is 22.2 Å². The van der Waals surface area contributed by atoms with Gasteiger partial charge in [-0.25, -0.2) is 9.97 Å². The minimum Gasteiger partial charge on any atom is -0.468 e. The number of halogens is 3. The van der Waals surface area contributed by atoms with Crippen LogP contribution in [-0.4, -0.2) is 32.7 Å². The first-order valence-electron chi connectivity index (χ1n) is 8.83. The van der Waals surface area contributed by atoms with Crippen LogP contribution in [0, 0.1) is 6.42 Å². The Balaban J connectivity index is 1.46. The van der Waals surface area contributed by atoms with Gasteiger partial charge in [0.05, 0.1) is 0 Å². The Kier molecular flexibility index (Phi) is 5.16. The van der Waals surface area contributed by atoms with Crippen molar-refractivity contribution in [2.45, 2.75) is 12.6 Å². The SMILES string of the molecule is FC(F)(F)COc1ncccc1[CH]c1ccc(Cc2c[nH]c3ncccc23)cn1. The Morgan fingerprint density at radius 3 is 2.62 bits per heavy atom. The van der Waals surface area contributed by atoms with Crippen molar-refractivity contribution >= 4 is 11.0 Å². The Labute approximate surface area is 164 Å². The Bertz CT molecular complexity index is 1110. The van der Waals surface area contributed by atoms with E-state index < -0.39 is 12.8 Å². The maximum absolute atomic E-state index is 12.4. The highest BCUT2D eigenvalue weighted by molar-refractivity contribution is 5.79. The van der Waals surface area contributed by atoms with Crippen molar-refractivity contribution in [3.8, 4) is 5.88 Å². The minimum absolute atomic E-state index is 0.0815. The van der Waals surface area contributed by atoms with Gasteiger partial charge in [0.25, 0.3) is 0 Å². The standard InChI is InChI=1S/C21H16F3N4O/c22-21(23,24)13-29-20-15(3-1-8-26-20)10-17-6-5-14(11-27-17)9-16-12-28-19-18(16)4-2-7-25-19/h1-8,10-12H,9,13H2,(H,25,28). The fraction of sp³-hybridized carbons (Fsp3) is 0.143. The van der Waals surface area contributed by atoms with Gasteiger partial charge in [-0.05, 0) is 35.4 Å². The molecule has 0 unspecified atom stereocenters. The first-order chi connectivity index (χ1) is 14.0. The van der Waals surface area contributed by atoms with Gasteiger partial charge in [0, 0.05) is 54.3 Å². The third kappa shape index (κ3) is 4.71. The minimum atomic E-state index is -4.42. The molecule has 0 fully saturated rings. The maximum Gasteiger partial charge on any atom is 0.422 e. The number of hydrogen-bond donors (Lipinski definition) is 1. The summed E-state index contributed by atoms with van der Waals surface area (Å²) in [6.07, 6.45) is 4.69. The summed E-state index contributed by atoms with van der Waals surface area (Å²) in [6.45, 7) is -1.39. The summed E-state index contributed by atoms with van der Waals surface area (Å²) in [6, 6.07) is 10.9. The number of nitrogens with one attached hydrogen (secondary N) is 1. The number of pyridine rings is 3. The number of aromatic nitrogens is 4. The van der Waals surface area contributed by atoms with Crippen LogP contribution in [0.25, 0.3) is 11.0 Å². The number of ether oxygens (including phenoxy) is 1. The zero-order chi connectivity index (χ0) is 20.3. The van der Waals surface area contributed by atoms with E-state index in [0.29, 0.717) is 17.7 Å². The van der Waals surface area contributed by atoms with Crippen molar-refractivity contribution in [2.24, 2.45) is 0 Å². The largest absolute Gasteiger partial charge is 0.468 e. The van der Waals surface area contributed by atoms with Crippen molar-refractivity contribution in [3.05, 3.63) is 90.0 Å². The molecule has 1 N–H and O–H groups in total. The molecule has 0 aliphatic rings. The van der Waals surface area contributed by atoms with E-state index in [2.05, 4.69) is 19.9 Å². The quantitative estimate of drug-likeness (QED) is 0.521. The molecule has 0 spiro atoms. The second-order valence-corrected chi connectivity index (χ2v) is 6.43. The zero-order valence-electron chi connectivity index (χ0n) is 15.1. The summed E-state index contributed by atoms with van der Waals surface area (Å²) in [4.78, 5) is 15.7. The lowest BCUT2D eigenvalue weighted by Gasteiger charge is -2.11. The first kappa shape index (κ1) is 18.9. The number of H-pyrrole nitrogens is 1. The van der Waals surface area contributed by atoms with Gasteiger partial charge in [-0.2, -0.15) is 13.2 Å². The van der Waals surface area contributed by atoms with E-state index in [9.17, 15) is 13.2 Å². The average molecular weight is 397 g/mol. The molecular formula is C21H16F3N4O. The lowest BCUT2D eigenvalue weighted by Crippen LogP contribution is -2.20. The summed E-state index contributed by atoms with van der Waals surface area (Å²) in [5, 5.41) is 1.06. The Morgan fingerprint density at radius 1 is 1.00 bits per heavy atom. The predicted molar refractivity (Wildman–Crippen MR) is 101 cm³/mol. The van der Waals surface area contributed by atoms with Crippen LogP contribution in [0.5, 0.6) is 5.88 Å². The Morgan fingerprint density at radius 2 is 1.83 bits per heavy atom. The van der Waals surface area contributed by atoms with Crippen molar-refractivity contribution < 1.29 is 17.9 Å². The molecule has 29 heavy (non-hydrogen) atoms. The number of aromatic amines is 1. The number of alkyl halides is 3. The fourth-order valence-electron chi connectivity index (χ4n) is 2.95. The number of nitrogens with zero attached hydrogens (tertiary/aromatic N) is 3. The van der Waals surface area contributed by atoms with Crippen LogP contribution in [0.4, 0.5) is 13.2 Å². The van der Waals surface area contributed by atoms with Gasteiger partial charge in [-0.15, -0.1) is 0 Å². The van der Waals surface area contributed by atoms with Gasteiger partial charge >= 0.3 is 6.18 Å². The lowest BCUT2D eigenvalue weighted by atomic mass is 10.1. The van der Waals surface area contributed by atoms with Crippen molar-refractivity contribution in [3.63, 3.8) is 0 Å². The molecule has 1 radical (unpaired) electrons. The fourth-order valence-corrected chi connectivity index (χ4v) is 2.95. The molecule has 4 heterocycles. The highest BCUT2D eigenvalue weighted by Crippen LogP contribution is 2.24. The van der Waals surface area contributed by atoms with Crippen molar-refractivity contribution in [1.29, 1.82) is 0 Å². The van der Waals surface area contributed by atoms with Crippen LogP contribution in [0.1, 0.15) is 22.4 Å². The predicted octanol–water partition coefficient (Wildman–Crippen LogP) is 4.49. The zero-order valence-corrected chi connectivity index (χ0v) is 15.1. The van der Waals surface area contributed by atoms with E-state index in [1.54, 1.807) is 30.9 Å².